The molecule has 16 heavy (non-hydrogen) atoms. The molecule has 1 aliphatic carbocycles. The number of nitrogens with zero attached hydrogens (tertiary/aromatic N) is 1. The molecule has 0 heterocycles. The summed E-state index contributed by atoms with van der Waals surface area (Å²) in [4.78, 5) is 13.4. The first kappa shape index (κ1) is 13.5. The predicted molar refractivity (Wildman–Crippen MR) is 64.6 cm³/mol. The first-order chi connectivity index (χ1) is 7.47. The molecule has 0 saturated heterocycles. The van der Waals surface area contributed by atoms with Crippen molar-refractivity contribution in [1.82, 2.24) is 10.2 Å². The molecule has 0 aromatic heterocycles. The van der Waals surface area contributed by atoms with Gasteiger partial charge in [0.2, 0.25) is 0 Å². The van der Waals surface area contributed by atoms with E-state index in [0.717, 1.165) is 38.8 Å². The Morgan fingerprint density at radius 1 is 1.44 bits per heavy atom. The summed E-state index contributed by atoms with van der Waals surface area (Å²) >= 11 is 0. The van der Waals surface area contributed by atoms with E-state index in [1.807, 2.05) is 6.92 Å². The zero-order chi connectivity index (χ0) is 12.2. The van der Waals surface area contributed by atoms with Gasteiger partial charge in [-0.05, 0) is 65.7 Å². The summed E-state index contributed by atoms with van der Waals surface area (Å²) in [6, 6.07) is 0. The van der Waals surface area contributed by atoms with Gasteiger partial charge in [-0.3, -0.25) is 4.79 Å². The lowest BCUT2D eigenvalue weighted by molar-refractivity contribution is -0.145. The molecule has 1 saturated carbocycles. The number of nitrogens with one attached hydrogen (secondary N) is 1. The van der Waals surface area contributed by atoms with Crippen molar-refractivity contribution in [2.45, 2.75) is 38.1 Å². The number of hydrogen-bond acceptors (Lipinski definition) is 3. The van der Waals surface area contributed by atoms with Crippen LogP contribution in [0.25, 0.3) is 0 Å². The zero-order valence-corrected chi connectivity index (χ0v) is 10.6. The maximum atomic E-state index is 11.2. The van der Waals surface area contributed by atoms with Crippen molar-refractivity contribution in [2.75, 3.05) is 27.2 Å². The fraction of sp³-hybridized carbons (Fsp3) is 0.917. The molecule has 1 rings (SSSR count). The number of unbranched alkanes of at least 4 members (excludes halogenated alkanes) is 1. The van der Waals surface area contributed by atoms with E-state index >= 15 is 0 Å². The van der Waals surface area contributed by atoms with Crippen LogP contribution < -0.4 is 5.32 Å². The average molecular weight is 228 g/mol. The van der Waals surface area contributed by atoms with Crippen LogP contribution in [0.15, 0.2) is 0 Å². The van der Waals surface area contributed by atoms with Crippen LogP contribution in [0.5, 0.6) is 0 Å². The maximum Gasteiger partial charge on any atom is 0.323 e. The van der Waals surface area contributed by atoms with Crippen molar-refractivity contribution in [2.24, 2.45) is 5.92 Å². The monoisotopic (exact) mass is 228 g/mol. The summed E-state index contributed by atoms with van der Waals surface area (Å²) in [6.07, 6.45) is 4.25. The average Bonchev–Trinajstić information content (AvgIpc) is 2.99. The first-order valence-electron chi connectivity index (χ1n) is 6.10. The minimum Gasteiger partial charge on any atom is -0.480 e. The Morgan fingerprint density at radius 2 is 2.06 bits per heavy atom. The smallest absolute Gasteiger partial charge is 0.323 e. The van der Waals surface area contributed by atoms with Gasteiger partial charge in [-0.25, -0.2) is 0 Å². The normalized spacial score (nSPS) is 19.8. The highest BCUT2D eigenvalue weighted by Gasteiger charge is 2.46. The summed E-state index contributed by atoms with van der Waals surface area (Å²) < 4.78 is 0. The van der Waals surface area contributed by atoms with Gasteiger partial charge in [0, 0.05) is 0 Å². The van der Waals surface area contributed by atoms with Crippen LogP contribution in [-0.4, -0.2) is 48.7 Å². The number of carboxylic acids is 1. The number of hydrogen-bond donors (Lipinski definition) is 2. The molecule has 0 aliphatic heterocycles. The quantitative estimate of drug-likeness (QED) is 0.612. The third kappa shape index (κ3) is 3.76. The number of carboxylic acid groups (broad SMARTS) is 1. The summed E-state index contributed by atoms with van der Waals surface area (Å²) in [5.74, 6) is -0.374. The largest absolute Gasteiger partial charge is 0.480 e. The Balaban J connectivity index is 2.21. The van der Waals surface area contributed by atoms with Crippen LogP contribution in [0.2, 0.25) is 0 Å². The van der Waals surface area contributed by atoms with E-state index in [-0.39, 0.29) is 0 Å². The van der Waals surface area contributed by atoms with Gasteiger partial charge in [-0.1, -0.05) is 0 Å². The molecular formula is C12H24N2O2. The second kappa shape index (κ2) is 5.64. The Hall–Kier alpha value is -0.610. The van der Waals surface area contributed by atoms with Crippen LogP contribution in [-0.2, 0) is 4.79 Å². The van der Waals surface area contributed by atoms with E-state index in [9.17, 15) is 9.90 Å². The molecule has 0 spiro atoms. The molecule has 0 amide bonds. The molecule has 1 fully saturated rings. The molecule has 0 aromatic rings. The van der Waals surface area contributed by atoms with Crippen LogP contribution in [0.3, 0.4) is 0 Å². The van der Waals surface area contributed by atoms with Gasteiger partial charge in [0.25, 0.3) is 0 Å². The summed E-state index contributed by atoms with van der Waals surface area (Å²) in [7, 11) is 4.11. The predicted octanol–water partition coefficient (Wildman–Crippen LogP) is 1.17. The zero-order valence-electron chi connectivity index (χ0n) is 10.6. The molecule has 0 bridgehead atoms. The summed E-state index contributed by atoms with van der Waals surface area (Å²) in [6.45, 7) is 3.68. The highest BCUT2D eigenvalue weighted by molar-refractivity contribution is 5.79. The number of rotatable bonds is 8. The van der Waals surface area contributed by atoms with Crippen LogP contribution in [0.4, 0.5) is 0 Å². The molecular weight excluding hydrogens is 204 g/mol. The topological polar surface area (TPSA) is 52.6 Å². The van der Waals surface area contributed by atoms with Gasteiger partial charge < -0.3 is 15.3 Å². The van der Waals surface area contributed by atoms with E-state index in [4.69, 9.17) is 0 Å². The van der Waals surface area contributed by atoms with Gasteiger partial charge in [-0.2, -0.15) is 0 Å². The van der Waals surface area contributed by atoms with Gasteiger partial charge in [-0.15, -0.1) is 0 Å². The van der Waals surface area contributed by atoms with Crippen molar-refractivity contribution in [3.8, 4) is 0 Å². The van der Waals surface area contributed by atoms with Gasteiger partial charge >= 0.3 is 5.97 Å². The Labute approximate surface area is 98.0 Å². The molecule has 4 nitrogen and oxygen atoms in total. The van der Waals surface area contributed by atoms with Crippen molar-refractivity contribution in [3.05, 3.63) is 0 Å². The van der Waals surface area contributed by atoms with E-state index in [1.165, 1.54) is 0 Å². The second-order valence-electron chi connectivity index (χ2n) is 5.22. The SMILES string of the molecule is CN(C)CCCCNC(C)(C(=O)O)C1CC1. The van der Waals surface area contributed by atoms with E-state index < -0.39 is 11.5 Å². The van der Waals surface area contributed by atoms with E-state index in [0.29, 0.717) is 5.92 Å². The van der Waals surface area contributed by atoms with Crippen LogP contribution >= 0.6 is 0 Å². The van der Waals surface area contributed by atoms with Crippen molar-refractivity contribution >= 4 is 5.97 Å². The van der Waals surface area contributed by atoms with Crippen LogP contribution in [0.1, 0.15) is 32.6 Å². The lowest BCUT2D eigenvalue weighted by atomic mass is 9.96. The lowest BCUT2D eigenvalue weighted by Crippen LogP contribution is -2.51. The minimum absolute atomic E-state index is 0.332. The van der Waals surface area contributed by atoms with Crippen molar-refractivity contribution < 1.29 is 9.90 Å². The van der Waals surface area contributed by atoms with E-state index in [1.54, 1.807) is 0 Å². The van der Waals surface area contributed by atoms with Crippen LogP contribution in [0, 0.1) is 5.92 Å². The fourth-order valence-corrected chi connectivity index (χ4v) is 1.96. The highest BCUT2D eigenvalue weighted by Crippen LogP contribution is 2.39. The number of carbonyl (C=O) groups is 1. The first-order valence-corrected chi connectivity index (χ1v) is 6.10. The summed E-state index contributed by atoms with van der Waals surface area (Å²) in [5.41, 5.74) is -0.696. The van der Waals surface area contributed by atoms with E-state index in [2.05, 4.69) is 24.3 Å². The maximum absolute atomic E-state index is 11.2. The summed E-state index contributed by atoms with van der Waals surface area (Å²) in [5, 5.41) is 12.4. The van der Waals surface area contributed by atoms with Gasteiger partial charge in [0.15, 0.2) is 0 Å². The lowest BCUT2D eigenvalue weighted by Gasteiger charge is -2.26. The highest BCUT2D eigenvalue weighted by atomic mass is 16.4. The molecule has 1 aliphatic rings. The molecule has 0 aromatic carbocycles. The van der Waals surface area contributed by atoms with Gasteiger partial charge in [0.05, 0.1) is 0 Å². The van der Waals surface area contributed by atoms with Crippen molar-refractivity contribution in [3.63, 3.8) is 0 Å². The number of aliphatic carboxylic acids is 1. The standard InChI is InChI=1S/C12H24N2O2/c1-12(11(15)16,10-6-7-10)13-8-4-5-9-14(2)3/h10,13H,4-9H2,1-3H3,(H,15,16). The molecule has 2 N–H and O–H groups in total. The second-order valence-corrected chi connectivity index (χ2v) is 5.22. The Morgan fingerprint density at radius 3 is 2.50 bits per heavy atom. The fourth-order valence-electron chi connectivity index (χ4n) is 1.96. The molecule has 94 valence electrons. The molecule has 4 heteroatoms. The third-order valence-electron chi connectivity index (χ3n) is 3.36. The molecule has 1 atom stereocenters. The third-order valence-corrected chi connectivity index (χ3v) is 3.36. The van der Waals surface area contributed by atoms with Gasteiger partial charge in [0.1, 0.15) is 5.54 Å². The van der Waals surface area contributed by atoms with Crippen molar-refractivity contribution in [1.29, 1.82) is 0 Å². The Bertz CT molecular complexity index is 239. The Kier molecular flexibility index (Phi) is 4.74. The molecule has 1 unspecified atom stereocenters. The molecule has 0 radical (unpaired) electrons. The minimum atomic E-state index is -0.706.